The summed E-state index contributed by atoms with van der Waals surface area (Å²) >= 11 is 0. The van der Waals surface area contributed by atoms with E-state index >= 15 is 0 Å². The first-order chi connectivity index (χ1) is 2.41. The third kappa shape index (κ3) is 9.19. The van der Waals surface area contributed by atoms with Crippen LogP contribution in [0.2, 0.25) is 0 Å². The molecule has 0 fully saturated rings. The molecule has 6 heavy (non-hydrogen) atoms. The van der Waals surface area contributed by atoms with Gasteiger partial charge in [0.1, 0.15) is 0 Å². The molecule has 0 bridgehead atoms. The van der Waals surface area contributed by atoms with Gasteiger partial charge in [-0.1, -0.05) is 6.54 Å². The second-order valence-corrected chi connectivity index (χ2v) is 0.414. The van der Waals surface area contributed by atoms with Crippen LogP contribution in [0, 0.1) is 6.54 Å². The Bertz CT molecular complexity index is 40.1. The zero-order valence-corrected chi connectivity index (χ0v) is 3.51. The molecule has 0 N–H and O–H groups in total. The molecule has 0 spiro atoms. The first-order valence-electron chi connectivity index (χ1n) is 1.05. The average molecular weight is 75.0 g/mol. The molecule has 0 atom stereocenters. The number of rotatable bonds is 2. The minimum absolute atomic E-state index is 0. The molecule has 2 radical (unpaired) electrons. The van der Waals surface area contributed by atoms with Crippen molar-refractivity contribution in [2.75, 3.05) is 0 Å². The van der Waals surface area contributed by atoms with Gasteiger partial charge < -0.3 is 9.79 Å². The summed E-state index contributed by atoms with van der Waals surface area (Å²) in [4.78, 5) is 11.7. The van der Waals surface area contributed by atoms with Gasteiger partial charge in [0, 0.05) is 0 Å². The van der Waals surface area contributed by atoms with Crippen molar-refractivity contribution in [2.24, 2.45) is 4.99 Å². The Kier molecular flexibility index (Phi) is 13.6. The first-order valence-corrected chi connectivity index (χ1v) is 1.05. The average Bonchev–Trinajstić information content (AvgIpc) is 1.41. The van der Waals surface area contributed by atoms with Crippen LogP contribution < -0.4 is 18.9 Å². The fraction of sp³-hybridized carbons (Fsp3) is 0. The molecule has 0 saturated carbocycles. The van der Waals surface area contributed by atoms with Crippen LogP contribution in [0.1, 0.15) is 0 Å². The van der Waals surface area contributed by atoms with E-state index in [-0.39, 0.29) is 18.9 Å². The fourth-order valence-electron chi connectivity index (χ4n) is 0.0304. The van der Waals surface area contributed by atoms with Crippen molar-refractivity contribution in [3.8, 4) is 0 Å². The van der Waals surface area contributed by atoms with Crippen molar-refractivity contribution in [3.05, 3.63) is 6.54 Å². The van der Waals surface area contributed by atoms with Gasteiger partial charge in [-0.3, -0.25) is 0 Å². The number of carbonyl (C=O) groups is 1. The van der Waals surface area contributed by atoms with Crippen molar-refractivity contribution in [1.29, 1.82) is 0 Å². The molecular formula is C3H2LiNO. The Labute approximate surface area is 48.8 Å². The second-order valence-electron chi connectivity index (χ2n) is 0.414. The van der Waals surface area contributed by atoms with E-state index in [4.69, 9.17) is 11.5 Å². The number of aliphatic imine (C=N–C) groups is 1. The van der Waals surface area contributed by atoms with E-state index in [1.807, 2.05) is 0 Å². The van der Waals surface area contributed by atoms with Crippen LogP contribution in [0.25, 0.3) is 0 Å². The zero-order valence-electron chi connectivity index (χ0n) is 3.51. The van der Waals surface area contributed by atoms with Crippen molar-refractivity contribution in [2.45, 2.75) is 0 Å². The van der Waals surface area contributed by atoms with Crippen molar-refractivity contribution in [1.82, 2.24) is 0 Å². The molecule has 0 aromatic rings. The number of hydrogen-bond donors (Lipinski definition) is 0. The van der Waals surface area contributed by atoms with Crippen LogP contribution in [-0.2, 0) is 4.79 Å². The standard InChI is InChI=1S/C3H2NO.Li/c1-4-2-3-5;/h2-3H;/q-1;+1. The summed E-state index contributed by atoms with van der Waals surface area (Å²) < 4.78 is 0. The Morgan fingerprint density at radius 3 is 2.33 bits per heavy atom. The van der Waals surface area contributed by atoms with Gasteiger partial charge in [0.2, 0.25) is 0 Å². The molecule has 0 aromatic heterocycles. The predicted molar refractivity (Wildman–Crippen MR) is 17.8 cm³/mol. The third-order valence-corrected chi connectivity index (χ3v) is 0.135. The number of aldehydes is 1. The molecule has 0 aliphatic heterocycles. The smallest absolute Gasteiger partial charge is 0.475 e. The largest absolute Gasteiger partial charge is 1.00 e. The normalized spacial score (nSPS) is 4.67. The topological polar surface area (TPSA) is 29.4 Å². The van der Waals surface area contributed by atoms with E-state index in [1.54, 1.807) is 0 Å². The van der Waals surface area contributed by atoms with Crippen LogP contribution in [0.15, 0.2) is 4.99 Å². The van der Waals surface area contributed by atoms with Gasteiger partial charge in [-0.15, -0.1) is 0 Å². The van der Waals surface area contributed by atoms with Crippen molar-refractivity contribution < 1.29 is 23.7 Å². The summed E-state index contributed by atoms with van der Waals surface area (Å²) in [7, 11) is 0. The van der Waals surface area contributed by atoms with Crippen LogP contribution in [0.3, 0.4) is 0 Å². The Morgan fingerprint density at radius 1 is 1.83 bits per heavy atom. The monoisotopic (exact) mass is 75.0 g/mol. The van der Waals surface area contributed by atoms with Crippen LogP contribution >= 0.6 is 0 Å². The molecule has 2 nitrogen and oxygen atoms in total. The molecule has 0 heterocycles. The van der Waals surface area contributed by atoms with Gasteiger partial charge >= 0.3 is 18.9 Å². The minimum Gasteiger partial charge on any atom is -0.475 e. The van der Waals surface area contributed by atoms with Crippen molar-refractivity contribution >= 4 is 13.0 Å². The second kappa shape index (κ2) is 8.84. The summed E-state index contributed by atoms with van der Waals surface area (Å²) in [6.07, 6.45) is 0.451. The number of carbonyl (C=O) groups excluding carboxylic acids is 1. The van der Waals surface area contributed by atoms with Crippen LogP contribution in [0.5, 0.6) is 0 Å². The van der Waals surface area contributed by atoms with E-state index in [9.17, 15) is 0 Å². The van der Waals surface area contributed by atoms with Gasteiger partial charge in [-0.2, -0.15) is 0 Å². The maximum Gasteiger partial charge on any atom is 1.00 e. The molecule has 0 aliphatic rings. The fourth-order valence-corrected chi connectivity index (χ4v) is 0.0304. The van der Waals surface area contributed by atoms with Crippen molar-refractivity contribution in [3.63, 3.8) is 0 Å². The van der Waals surface area contributed by atoms with Gasteiger partial charge in [-0.05, 0) is 0 Å². The maximum atomic E-state index is 9.14. The molecule has 0 unspecified atom stereocenters. The van der Waals surface area contributed by atoms with E-state index in [1.165, 1.54) is 0 Å². The molecule has 0 saturated heterocycles. The van der Waals surface area contributed by atoms with E-state index in [0.29, 0.717) is 6.29 Å². The molecular weight excluding hydrogens is 73.0 g/mol. The van der Waals surface area contributed by atoms with Crippen LogP contribution in [-0.4, -0.2) is 13.0 Å². The summed E-state index contributed by atoms with van der Waals surface area (Å²) in [5.41, 5.74) is 0. The van der Waals surface area contributed by atoms with Crippen LogP contribution in [0.4, 0.5) is 0 Å². The summed E-state index contributed by atoms with van der Waals surface area (Å²) in [5, 5.41) is 0. The maximum absolute atomic E-state index is 9.14. The quantitative estimate of drug-likeness (QED) is 0.147. The summed E-state index contributed by atoms with van der Waals surface area (Å²) in [5.74, 6) is 0. The van der Waals surface area contributed by atoms with Gasteiger partial charge in [0.25, 0.3) is 0 Å². The van der Waals surface area contributed by atoms with E-state index in [0.717, 1.165) is 6.54 Å². The SMILES string of the molecule is [C]=N[CH-]C=O.[Li+]. The summed E-state index contributed by atoms with van der Waals surface area (Å²) in [6, 6.07) is 0. The number of nitrogens with zero attached hydrogens (tertiary/aromatic N) is 1. The first kappa shape index (κ1) is 9.26. The molecule has 26 valence electrons. The minimum atomic E-state index is 0. The Hall–Kier alpha value is -0.193. The molecule has 0 aromatic carbocycles. The summed E-state index contributed by atoms with van der Waals surface area (Å²) in [6.45, 7) is 6.80. The Balaban J connectivity index is 0. The molecule has 3 heteroatoms. The number of hydrogen-bond acceptors (Lipinski definition) is 2. The van der Waals surface area contributed by atoms with E-state index < -0.39 is 0 Å². The zero-order chi connectivity index (χ0) is 4.12. The van der Waals surface area contributed by atoms with E-state index in [2.05, 4.69) is 4.99 Å². The molecule has 0 aliphatic carbocycles. The predicted octanol–water partition coefficient (Wildman–Crippen LogP) is -3.19. The molecule has 0 rings (SSSR count). The third-order valence-electron chi connectivity index (χ3n) is 0.135. The molecule has 0 amide bonds. The Morgan fingerprint density at radius 2 is 2.33 bits per heavy atom. The van der Waals surface area contributed by atoms with Gasteiger partial charge in [0.15, 0.2) is 0 Å². The van der Waals surface area contributed by atoms with Gasteiger partial charge in [0.05, 0.1) is 6.29 Å². The van der Waals surface area contributed by atoms with Gasteiger partial charge in [-0.25, -0.2) is 6.72 Å².